The van der Waals surface area contributed by atoms with Crippen LogP contribution in [0.2, 0.25) is 0 Å². The molecule has 0 unspecified atom stereocenters. The topological polar surface area (TPSA) is 72.2 Å². The Morgan fingerprint density at radius 2 is 2.23 bits per heavy atom. The standard InChI is InChI=1S/C9H12N2O2/c1-2-3-7(8(10)12)11-9(13)6-4-5-6/h1,6-7H,3-5H2,(H2,10,12)(H,11,13)/t7-/m0/s1. The molecule has 4 nitrogen and oxygen atoms in total. The summed E-state index contributed by atoms with van der Waals surface area (Å²) in [6.07, 6.45) is 6.98. The predicted molar refractivity (Wildman–Crippen MR) is 47.3 cm³/mol. The minimum atomic E-state index is -0.710. The van der Waals surface area contributed by atoms with Crippen molar-refractivity contribution < 1.29 is 9.59 Å². The molecular weight excluding hydrogens is 168 g/mol. The normalized spacial score (nSPS) is 17.2. The van der Waals surface area contributed by atoms with Crippen molar-refractivity contribution in [2.45, 2.75) is 25.3 Å². The molecule has 70 valence electrons. The second-order valence-electron chi connectivity index (χ2n) is 3.15. The van der Waals surface area contributed by atoms with Crippen LogP contribution in [0.4, 0.5) is 0 Å². The maximum Gasteiger partial charge on any atom is 0.240 e. The van der Waals surface area contributed by atoms with Crippen molar-refractivity contribution >= 4 is 11.8 Å². The smallest absolute Gasteiger partial charge is 0.240 e. The lowest BCUT2D eigenvalue weighted by Gasteiger charge is -2.11. The van der Waals surface area contributed by atoms with E-state index >= 15 is 0 Å². The largest absolute Gasteiger partial charge is 0.368 e. The maximum atomic E-state index is 11.2. The molecule has 3 N–H and O–H groups in total. The van der Waals surface area contributed by atoms with E-state index in [1.807, 2.05) is 0 Å². The number of carbonyl (C=O) groups excluding carboxylic acids is 2. The molecule has 1 fully saturated rings. The third-order valence-corrected chi connectivity index (χ3v) is 1.93. The third-order valence-electron chi connectivity index (χ3n) is 1.93. The monoisotopic (exact) mass is 180 g/mol. The summed E-state index contributed by atoms with van der Waals surface area (Å²) in [6, 6.07) is -0.710. The second kappa shape index (κ2) is 3.94. The molecule has 0 saturated heterocycles. The van der Waals surface area contributed by atoms with Gasteiger partial charge in [-0.2, -0.15) is 0 Å². The summed E-state index contributed by atoms with van der Waals surface area (Å²) in [5.74, 6) is 1.68. The molecule has 1 saturated carbocycles. The van der Waals surface area contributed by atoms with E-state index in [1.54, 1.807) is 0 Å². The maximum absolute atomic E-state index is 11.2. The molecule has 0 spiro atoms. The highest BCUT2D eigenvalue weighted by Gasteiger charge is 2.31. The summed E-state index contributed by atoms with van der Waals surface area (Å²) in [7, 11) is 0. The Bertz CT molecular complexity index is 263. The zero-order chi connectivity index (χ0) is 9.84. The first-order valence-electron chi connectivity index (χ1n) is 4.18. The van der Waals surface area contributed by atoms with Crippen molar-refractivity contribution in [1.82, 2.24) is 5.32 Å². The van der Waals surface area contributed by atoms with E-state index in [4.69, 9.17) is 12.2 Å². The van der Waals surface area contributed by atoms with Gasteiger partial charge in [0.15, 0.2) is 0 Å². The van der Waals surface area contributed by atoms with E-state index in [1.165, 1.54) is 0 Å². The Morgan fingerprint density at radius 1 is 1.62 bits per heavy atom. The first-order valence-corrected chi connectivity index (χ1v) is 4.18. The highest BCUT2D eigenvalue weighted by Crippen LogP contribution is 2.28. The lowest BCUT2D eigenvalue weighted by atomic mass is 10.2. The van der Waals surface area contributed by atoms with Gasteiger partial charge in [0.1, 0.15) is 6.04 Å². The molecule has 0 aromatic carbocycles. The van der Waals surface area contributed by atoms with Gasteiger partial charge in [0.05, 0.1) is 0 Å². The highest BCUT2D eigenvalue weighted by molar-refractivity contribution is 5.88. The average Bonchev–Trinajstić information content (AvgIpc) is 2.85. The molecule has 0 aromatic rings. The van der Waals surface area contributed by atoms with Crippen LogP contribution in [0.15, 0.2) is 0 Å². The van der Waals surface area contributed by atoms with Gasteiger partial charge in [-0.05, 0) is 12.8 Å². The van der Waals surface area contributed by atoms with E-state index in [-0.39, 0.29) is 18.2 Å². The molecule has 1 atom stereocenters. The fourth-order valence-electron chi connectivity index (χ4n) is 0.976. The van der Waals surface area contributed by atoms with Crippen LogP contribution in [-0.2, 0) is 9.59 Å². The first kappa shape index (κ1) is 9.59. The van der Waals surface area contributed by atoms with Crippen molar-refractivity contribution in [3.05, 3.63) is 0 Å². The number of rotatable bonds is 4. The van der Waals surface area contributed by atoms with Crippen LogP contribution >= 0.6 is 0 Å². The van der Waals surface area contributed by atoms with Crippen LogP contribution < -0.4 is 11.1 Å². The fourth-order valence-corrected chi connectivity index (χ4v) is 0.976. The predicted octanol–water partition coefficient (Wildman–Crippen LogP) is -0.610. The van der Waals surface area contributed by atoms with Crippen LogP contribution in [-0.4, -0.2) is 17.9 Å². The Kier molecular flexibility index (Phi) is 2.91. The summed E-state index contributed by atoms with van der Waals surface area (Å²) in [4.78, 5) is 22.0. The molecule has 2 amide bonds. The molecule has 0 heterocycles. The average molecular weight is 180 g/mol. The van der Waals surface area contributed by atoms with Crippen LogP contribution in [0.1, 0.15) is 19.3 Å². The summed E-state index contributed by atoms with van der Waals surface area (Å²) in [5, 5.41) is 2.52. The van der Waals surface area contributed by atoms with E-state index < -0.39 is 11.9 Å². The van der Waals surface area contributed by atoms with Gasteiger partial charge < -0.3 is 11.1 Å². The Hall–Kier alpha value is -1.50. The number of primary amides is 1. The summed E-state index contributed by atoms with van der Waals surface area (Å²) >= 11 is 0. The number of nitrogens with one attached hydrogen (secondary N) is 1. The molecule has 1 aliphatic rings. The number of nitrogens with two attached hydrogens (primary N) is 1. The second-order valence-corrected chi connectivity index (χ2v) is 3.15. The van der Waals surface area contributed by atoms with E-state index in [9.17, 15) is 9.59 Å². The lowest BCUT2D eigenvalue weighted by molar-refractivity contribution is -0.128. The van der Waals surface area contributed by atoms with Gasteiger partial charge in [-0.1, -0.05) is 0 Å². The first-order chi connectivity index (χ1) is 6.15. The minimum absolute atomic E-state index is 0.0691. The van der Waals surface area contributed by atoms with Crippen LogP contribution in [0.5, 0.6) is 0 Å². The quantitative estimate of drug-likeness (QED) is 0.566. The number of amides is 2. The summed E-state index contributed by atoms with van der Waals surface area (Å²) in [5.41, 5.74) is 5.04. The third kappa shape index (κ3) is 2.79. The molecule has 1 aliphatic carbocycles. The number of terminal acetylenes is 1. The number of carbonyl (C=O) groups is 2. The Labute approximate surface area is 76.9 Å². The molecule has 0 radical (unpaired) electrons. The number of hydrogen-bond donors (Lipinski definition) is 2. The van der Waals surface area contributed by atoms with Gasteiger partial charge in [0, 0.05) is 12.3 Å². The minimum Gasteiger partial charge on any atom is -0.368 e. The van der Waals surface area contributed by atoms with Crippen molar-refractivity contribution in [2.75, 3.05) is 0 Å². The molecular formula is C9H12N2O2. The van der Waals surface area contributed by atoms with Gasteiger partial charge in [-0.25, -0.2) is 0 Å². The number of hydrogen-bond acceptors (Lipinski definition) is 2. The van der Waals surface area contributed by atoms with Crippen molar-refractivity contribution in [3.63, 3.8) is 0 Å². The van der Waals surface area contributed by atoms with Gasteiger partial charge in [0.2, 0.25) is 11.8 Å². The van der Waals surface area contributed by atoms with Crippen molar-refractivity contribution in [3.8, 4) is 12.3 Å². The van der Waals surface area contributed by atoms with Gasteiger partial charge in [0.25, 0.3) is 0 Å². The molecule has 1 rings (SSSR count). The summed E-state index contributed by atoms with van der Waals surface area (Å²) in [6.45, 7) is 0. The van der Waals surface area contributed by atoms with Gasteiger partial charge in [-0.15, -0.1) is 12.3 Å². The lowest BCUT2D eigenvalue weighted by Crippen LogP contribution is -2.44. The fraction of sp³-hybridized carbons (Fsp3) is 0.556. The van der Waals surface area contributed by atoms with Gasteiger partial charge >= 0.3 is 0 Å². The van der Waals surface area contributed by atoms with Crippen LogP contribution in [0, 0.1) is 18.3 Å². The summed E-state index contributed by atoms with van der Waals surface area (Å²) < 4.78 is 0. The van der Waals surface area contributed by atoms with E-state index in [0.29, 0.717) is 0 Å². The molecule has 0 bridgehead atoms. The highest BCUT2D eigenvalue weighted by atomic mass is 16.2. The molecule has 4 heteroatoms. The molecule has 13 heavy (non-hydrogen) atoms. The van der Waals surface area contributed by atoms with E-state index in [2.05, 4.69) is 11.2 Å². The molecule has 0 aromatic heterocycles. The zero-order valence-electron chi connectivity index (χ0n) is 7.25. The van der Waals surface area contributed by atoms with E-state index in [0.717, 1.165) is 12.8 Å². The zero-order valence-corrected chi connectivity index (χ0v) is 7.25. The van der Waals surface area contributed by atoms with Crippen LogP contribution in [0.3, 0.4) is 0 Å². The van der Waals surface area contributed by atoms with Gasteiger partial charge in [-0.3, -0.25) is 9.59 Å². The van der Waals surface area contributed by atoms with Crippen LogP contribution in [0.25, 0.3) is 0 Å². The SMILES string of the molecule is C#CC[C@H](NC(=O)C1CC1)C(N)=O. The van der Waals surface area contributed by atoms with Crippen molar-refractivity contribution in [1.29, 1.82) is 0 Å². The molecule has 0 aliphatic heterocycles. The Morgan fingerprint density at radius 3 is 2.62 bits per heavy atom. The Balaban J connectivity index is 2.41. The van der Waals surface area contributed by atoms with Crippen molar-refractivity contribution in [2.24, 2.45) is 11.7 Å².